The van der Waals surface area contributed by atoms with Crippen LogP contribution in [0, 0.1) is 0 Å². The fourth-order valence-electron chi connectivity index (χ4n) is 1.09. The molecular weight excluding hydrogens is 214 g/mol. The largest absolute Gasteiger partial charge is 0.506 e. The van der Waals surface area contributed by atoms with Crippen molar-refractivity contribution in [2.45, 2.75) is 0 Å². The lowest BCUT2D eigenvalue weighted by Gasteiger charge is -2.07. The molecule has 0 unspecified atom stereocenters. The van der Waals surface area contributed by atoms with Gasteiger partial charge in [-0.3, -0.25) is 4.79 Å². The summed E-state index contributed by atoms with van der Waals surface area (Å²) in [7, 11) is 1.35. The Bertz CT molecular complexity index is 416. The second-order valence-corrected chi connectivity index (χ2v) is 3.02. The van der Waals surface area contributed by atoms with Crippen molar-refractivity contribution < 1.29 is 24.5 Å². The Morgan fingerprint density at radius 3 is 2.69 bits per heavy atom. The van der Waals surface area contributed by atoms with Crippen molar-refractivity contribution in [2.24, 2.45) is 0 Å². The fraction of sp³-hybridized carbons (Fsp3) is 0.200. The molecule has 0 radical (unpaired) electrons. The Labute approximate surface area is 91.5 Å². The quantitative estimate of drug-likeness (QED) is 0.654. The number of methoxy groups -OCH3 is 1. The average Bonchev–Trinajstić information content (AvgIpc) is 2.21. The molecule has 0 heterocycles. The van der Waals surface area contributed by atoms with E-state index in [0.717, 1.165) is 0 Å². The first-order chi connectivity index (χ1) is 7.54. The molecule has 1 rings (SSSR count). The van der Waals surface area contributed by atoms with Crippen molar-refractivity contribution in [1.82, 2.24) is 0 Å². The number of benzene rings is 1. The number of carbonyl (C=O) groups is 2. The van der Waals surface area contributed by atoms with Crippen LogP contribution in [0.15, 0.2) is 18.2 Å². The third-order valence-electron chi connectivity index (χ3n) is 1.79. The molecule has 0 aliphatic rings. The molecule has 6 heteroatoms. The van der Waals surface area contributed by atoms with Crippen molar-refractivity contribution in [3.05, 3.63) is 23.8 Å². The van der Waals surface area contributed by atoms with Crippen molar-refractivity contribution in [3.8, 4) is 5.75 Å². The van der Waals surface area contributed by atoms with E-state index in [9.17, 15) is 14.7 Å². The second-order valence-electron chi connectivity index (χ2n) is 3.02. The molecule has 0 spiro atoms. The van der Waals surface area contributed by atoms with Gasteiger partial charge in [0.05, 0.1) is 11.3 Å². The number of carboxylic acids is 1. The number of carboxylic acid groups (broad SMARTS) is 1. The van der Waals surface area contributed by atoms with Gasteiger partial charge >= 0.3 is 5.97 Å². The molecule has 0 aromatic heterocycles. The number of phenolic OH excluding ortho intramolecular Hbond substituents is 1. The number of carbonyl (C=O) groups excluding carboxylic acids is 1. The molecule has 16 heavy (non-hydrogen) atoms. The van der Waals surface area contributed by atoms with E-state index in [4.69, 9.17) is 5.11 Å². The molecule has 0 bridgehead atoms. The molecule has 86 valence electrons. The molecular formula is C10H11NO5. The average molecular weight is 225 g/mol. The second kappa shape index (κ2) is 5.13. The maximum Gasteiger partial charge on any atom is 0.335 e. The Morgan fingerprint density at radius 2 is 2.12 bits per heavy atom. The number of hydrogen-bond acceptors (Lipinski definition) is 4. The molecule has 1 aromatic rings. The number of ether oxygens (including phenoxy) is 1. The zero-order valence-electron chi connectivity index (χ0n) is 8.56. The molecule has 6 nitrogen and oxygen atoms in total. The molecule has 3 N–H and O–H groups in total. The number of aromatic hydroxyl groups is 1. The van der Waals surface area contributed by atoms with Crippen LogP contribution >= 0.6 is 0 Å². The Morgan fingerprint density at radius 1 is 1.44 bits per heavy atom. The molecule has 0 aliphatic heterocycles. The summed E-state index contributed by atoms with van der Waals surface area (Å²) in [6.07, 6.45) is 0. The summed E-state index contributed by atoms with van der Waals surface area (Å²) in [5.74, 6) is -1.81. The van der Waals surface area contributed by atoms with Gasteiger partial charge < -0.3 is 20.3 Å². The van der Waals surface area contributed by atoms with E-state index in [0.29, 0.717) is 0 Å². The lowest BCUT2D eigenvalue weighted by Crippen LogP contribution is -2.17. The summed E-state index contributed by atoms with van der Waals surface area (Å²) in [6.45, 7) is -0.170. The molecule has 1 amide bonds. The number of hydrogen-bond donors (Lipinski definition) is 3. The maximum atomic E-state index is 11.2. The standard InChI is InChI=1S/C10H11NO5/c1-16-5-9(13)11-7-4-6(10(14)15)2-3-8(7)12/h2-4,12H,5H2,1H3,(H,11,13)(H,14,15). The van der Waals surface area contributed by atoms with Crippen LogP contribution in [0.25, 0.3) is 0 Å². The predicted molar refractivity (Wildman–Crippen MR) is 55.6 cm³/mol. The van der Waals surface area contributed by atoms with Gasteiger partial charge in [0.1, 0.15) is 12.4 Å². The zero-order valence-corrected chi connectivity index (χ0v) is 8.56. The molecule has 0 saturated heterocycles. The van der Waals surface area contributed by atoms with E-state index in [2.05, 4.69) is 10.1 Å². The highest BCUT2D eigenvalue weighted by Crippen LogP contribution is 2.24. The normalized spacial score (nSPS) is 9.81. The van der Waals surface area contributed by atoms with Gasteiger partial charge in [0.2, 0.25) is 5.91 Å². The van der Waals surface area contributed by atoms with E-state index in [1.165, 1.54) is 25.3 Å². The van der Waals surface area contributed by atoms with Gasteiger partial charge in [-0.2, -0.15) is 0 Å². The van der Waals surface area contributed by atoms with Crippen LogP contribution in [-0.2, 0) is 9.53 Å². The number of nitrogens with one attached hydrogen (secondary N) is 1. The van der Waals surface area contributed by atoms with E-state index in [-0.39, 0.29) is 23.6 Å². The Balaban J connectivity index is 2.90. The lowest BCUT2D eigenvalue weighted by molar-refractivity contribution is -0.119. The molecule has 0 fully saturated rings. The minimum Gasteiger partial charge on any atom is -0.506 e. The van der Waals surface area contributed by atoms with E-state index in [1.807, 2.05) is 0 Å². The number of anilines is 1. The molecule has 0 saturated carbocycles. The van der Waals surface area contributed by atoms with Gasteiger partial charge in [-0.1, -0.05) is 0 Å². The first-order valence-corrected chi connectivity index (χ1v) is 4.39. The monoisotopic (exact) mass is 225 g/mol. The maximum absolute atomic E-state index is 11.2. The highest BCUT2D eigenvalue weighted by molar-refractivity contribution is 5.96. The van der Waals surface area contributed by atoms with Crippen LogP contribution in [0.1, 0.15) is 10.4 Å². The van der Waals surface area contributed by atoms with Gasteiger partial charge in [0, 0.05) is 7.11 Å². The SMILES string of the molecule is COCC(=O)Nc1cc(C(=O)O)ccc1O. The summed E-state index contributed by atoms with van der Waals surface area (Å²) in [5.41, 5.74) is 0.0208. The van der Waals surface area contributed by atoms with Gasteiger partial charge in [-0.05, 0) is 18.2 Å². The molecule has 0 aliphatic carbocycles. The van der Waals surface area contributed by atoms with Gasteiger partial charge in [0.25, 0.3) is 0 Å². The minimum atomic E-state index is -1.14. The minimum absolute atomic E-state index is 0.0227. The first kappa shape index (κ1) is 12.0. The zero-order chi connectivity index (χ0) is 12.1. The summed E-state index contributed by atoms with van der Waals surface area (Å²) in [4.78, 5) is 21.8. The van der Waals surface area contributed by atoms with E-state index in [1.54, 1.807) is 0 Å². The van der Waals surface area contributed by atoms with Crippen molar-refractivity contribution >= 4 is 17.6 Å². The Hall–Kier alpha value is -2.08. The molecule has 1 aromatic carbocycles. The highest BCUT2D eigenvalue weighted by atomic mass is 16.5. The van der Waals surface area contributed by atoms with Gasteiger partial charge in [-0.25, -0.2) is 4.79 Å². The number of phenols is 1. The summed E-state index contributed by atoms with van der Waals surface area (Å²) >= 11 is 0. The summed E-state index contributed by atoms with van der Waals surface area (Å²) in [5, 5.41) is 20.4. The van der Waals surface area contributed by atoms with Crippen LogP contribution in [0.4, 0.5) is 5.69 Å². The van der Waals surface area contributed by atoms with Crippen molar-refractivity contribution in [2.75, 3.05) is 19.0 Å². The number of rotatable bonds is 4. The topological polar surface area (TPSA) is 95.9 Å². The van der Waals surface area contributed by atoms with E-state index < -0.39 is 11.9 Å². The van der Waals surface area contributed by atoms with Gasteiger partial charge in [0.15, 0.2) is 0 Å². The summed E-state index contributed by atoms with van der Waals surface area (Å²) in [6, 6.07) is 3.61. The predicted octanol–water partition coefficient (Wildman–Crippen LogP) is 0.675. The van der Waals surface area contributed by atoms with Gasteiger partial charge in [-0.15, -0.1) is 0 Å². The highest BCUT2D eigenvalue weighted by Gasteiger charge is 2.10. The van der Waals surface area contributed by atoms with Crippen LogP contribution < -0.4 is 5.32 Å². The first-order valence-electron chi connectivity index (χ1n) is 4.39. The van der Waals surface area contributed by atoms with Crippen molar-refractivity contribution in [1.29, 1.82) is 0 Å². The number of aromatic carboxylic acids is 1. The lowest BCUT2D eigenvalue weighted by atomic mass is 10.2. The van der Waals surface area contributed by atoms with Crippen LogP contribution in [-0.4, -0.2) is 35.8 Å². The van der Waals surface area contributed by atoms with Crippen LogP contribution in [0.3, 0.4) is 0 Å². The van der Waals surface area contributed by atoms with E-state index >= 15 is 0 Å². The summed E-state index contributed by atoms with van der Waals surface area (Å²) < 4.78 is 4.58. The van der Waals surface area contributed by atoms with Crippen LogP contribution in [0.2, 0.25) is 0 Å². The third-order valence-corrected chi connectivity index (χ3v) is 1.79. The third kappa shape index (κ3) is 2.96. The van der Waals surface area contributed by atoms with Crippen LogP contribution in [0.5, 0.6) is 5.75 Å². The number of amides is 1. The van der Waals surface area contributed by atoms with Crippen molar-refractivity contribution in [3.63, 3.8) is 0 Å². The smallest absolute Gasteiger partial charge is 0.335 e. The Kier molecular flexibility index (Phi) is 3.84. The fourth-order valence-corrected chi connectivity index (χ4v) is 1.09. The molecule has 0 atom stereocenters.